The summed E-state index contributed by atoms with van der Waals surface area (Å²) in [7, 11) is -4.16. The van der Waals surface area contributed by atoms with Crippen LogP contribution in [0, 0.1) is 52.4 Å². The third-order valence-corrected chi connectivity index (χ3v) is 12.6. The topological polar surface area (TPSA) is 54.4 Å². The normalized spacial score (nSPS) is 43.0. The molecule has 0 spiro atoms. The third kappa shape index (κ3) is 3.99. The molecular formula is C30H45O3S. The van der Waals surface area contributed by atoms with Gasteiger partial charge < -0.3 is 0 Å². The van der Waals surface area contributed by atoms with Crippen molar-refractivity contribution in [3.05, 3.63) is 29.8 Å². The lowest BCUT2D eigenvalue weighted by molar-refractivity contribution is -0.117. The van der Waals surface area contributed by atoms with Gasteiger partial charge in [0.1, 0.15) is 0 Å². The summed E-state index contributed by atoms with van der Waals surface area (Å²) in [5.41, 5.74) is 1.95. The molecule has 0 heterocycles. The first kappa shape index (κ1) is 24.8. The predicted molar refractivity (Wildman–Crippen MR) is 137 cm³/mol. The highest BCUT2D eigenvalue weighted by molar-refractivity contribution is 7.85. The van der Waals surface area contributed by atoms with E-state index in [1.54, 1.807) is 12.1 Å². The Bertz CT molecular complexity index is 1000. The van der Waals surface area contributed by atoms with E-state index in [0.29, 0.717) is 16.7 Å². The van der Waals surface area contributed by atoms with E-state index >= 15 is 0 Å². The number of rotatable bonds is 5. The third-order valence-electron chi connectivity index (χ3n) is 11.7. The van der Waals surface area contributed by atoms with Crippen LogP contribution in [0.15, 0.2) is 23.1 Å². The van der Waals surface area contributed by atoms with Crippen molar-refractivity contribution in [3.8, 4) is 0 Å². The maximum atomic E-state index is 11.7. The van der Waals surface area contributed by atoms with E-state index in [4.69, 9.17) is 0 Å². The highest BCUT2D eigenvalue weighted by Crippen LogP contribution is 2.69. The average molecular weight is 486 g/mol. The van der Waals surface area contributed by atoms with Crippen LogP contribution in [0.2, 0.25) is 0 Å². The molecule has 0 bridgehead atoms. The Balaban J connectivity index is 1.33. The lowest BCUT2D eigenvalue weighted by atomic mass is 9.43. The molecule has 0 amide bonds. The van der Waals surface area contributed by atoms with Crippen molar-refractivity contribution in [2.45, 2.75) is 109 Å². The Morgan fingerprint density at radius 3 is 2.53 bits per heavy atom. The minimum absolute atomic E-state index is 0.0120. The van der Waals surface area contributed by atoms with Crippen LogP contribution < -0.4 is 0 Å². The summed E-state index contributed by atoms with van der Waals surface area (Å²) in [4.78, 5) is 0.0120. The van der Waals surface area contributed by atoms with E-state index in [9.17, 15) is 13.0 Å². The van der Waals surface area contributed by atoms with Crippen molar-refractivity contribution in [3.63, 3.8) is 0 Å². The molecule has 1 aromatic carbocycles. The van der Waals surface area contributed by atoms with Crippen LogP contribution in [0.5, 0.6) is 0 Å². The molecule has 5 rings (SSSR count). The van der Waals surface area contributed by atoms with Gasteiger partial charge in [0.25, 0.3) is 10.1 Å². The van der Waals surface area contributed by atoms with Crippen molar-refractivity contribution in [2.75, 3.05) is 0 Å². The van der Waals surface area contributed by atoms with Gasteiger partial charge in [-0.1, -0.05) is 46.6 Å². The first-order chi connectivity index (χ1) is 16.1. The van der Waals surface area contributed by atoms with Crippen LogP contribution >= 0.6 is 0 Å². The Kier molecular flexibility index (Phi) is 6.50. The molecule has 1 radical (unpaired) electrons. The van der Waals surface area contributed by atoms with Crippen molar-refractivity contribution >= 4 is 10.1 Å². The van der Waals surface area contributed by atoms with E-state index in [2.05, 4.69) is 33.8 Å². The highest BCUT2D eigenvalue weighted by atomic mass is 32.2. The van der Waals surface area contributed by atoms with Crippen LogP contribution in [-0.4, -0.2) is 13.0 Å². The molecule has 9 atom stereocenters. The Morgan fingerprint density at radius 1 is 1.06 bits per heavy atom. The lowest BCUT2D eigenvalue weighted by Crippen LogP contribution is -2.53. The van der Waals surface area contributed by atoms with Gasteiger partial charge in [0, 0.05) is 0 Å². The number of hydrogen-bond donors (Lipinski definition) is 1. The fourth-order valence-corrected chi connectivity index (χ4v) is 10.5. The molecule has 3 nitrogen and oxygen atoms in total. The molecule has 5 unspecified atom stereocenters. The SMILES string of the molecule is CCC[C@@H](C)[C@H]1CCC2C3CCC4CC(c5[c]ccc(S(=O)(=O)O)c5)CC[C@]4(C)C3CC[C@@]21C. The number of hydrogen-bond acceptors (Lipinski definition) is 2. The minimum atomic E-state index is -4.16. The lowest BCUT2D eigenvalue weighted by Gasteiger charge is -2.61. The van der Waals surface area contributed by atoms with Crippen LogP contribution in [0.3, 0.4) is 0 Å². The molecule has 4 heteroatoms. The van der Waals surface area contributed by atoms with Gasteiger partial charge in [-0.25, -0.2) is 0 Å². The Hall–Kier alpha value is -0.870. The first-order valence-corrected chi connectivity index (χ1v) is 15.5. The monoisotopic (exact) mass is 485 g/mol. The molecular weight excluding hydrogens is 440 g/mol. The van der Waals surface area contributed by atoms with E-state index in [1.807, 2.05) is 0 Å². The standard InChI is InChI=1S/C30H45O3S/c1-5-7-20(2)26-12-13-27-25-11-10-23-18-22(21-8-6-9-24(19-21)34(31,32)33)14-16-29(23,3)28(25)15-17-30(26,27)4/h6,9,19-20,22-23,25-28H,5,7,10-18H2,1-4H3,(H,31,32,33)/t20-,22?,23?,25?,26-,27?,28?,29+,30-/m1/s1. The Labute approximate surface area is 208 Å². The molecule has 0 saturated heterocycles. The summed E-state index contributed by atoms with van der Waals surface area (Å²) in [6, 6.07) is 8.08. The summed E-state index contributed by atoms with van der Waals surface area (Å²) in [6.07, 6.45) is 14.7. The quantitative estimate of drug-likeness (QED) is 0.431. The first-order valence-electron chi connectivity index (χ1n) is 14.1. The van der Waals surface area contributed by atoms with Gasteiger partial charge in [0.15, 0.2) is 0 Å². The second-order valence-corrected chi connectivity index (χ2v) is 14.5. The molecule has 4 fully saturated rings. The van der Waals surface area contributed by atoms with Gasteiger partial charge in [-0.3, -0.25) is 4.55 Å². The summed E-state index contributed by atoms with van der Waals surface area (Å²) < 4.78 is 32.8. The van der Waals surface area contributed by atoms with E-state index in [-0.39, 0.29) is 4.90 Å². The summed E-state index contributed by atoms with van der Waals surface area (Å²) >= 11 is 0. The largest absolute Gasteiger partial charge is 0.294 e. The second-order valence-electron chi connectivity index (χ2n) is 13.1. The smallest absolute Gasteiger partial charge is 0.282 e. The van der Waals surface area contributed by atoms with Crippen LogP contribution in [-0.2, 0) is 10.1 Å². The summed E-state index contributed by atoms with van der Waals surface area (Å²) in [5, 5.41) is 0. The van der Waals surface area contributed by atoms with Gasteiger partial charge in [0.2, 0.25) is 0 Å². The highest BCUT2D eigenvalue weighted by Gasteiger charge is 2.60. The van der Waals surface area contributed by atoms with Crippen molar-refractivity contribution < 1.29 is 13.0 Å². The molecule has 0 aliphatic heterocycles. The Morgan fingerprint density at radius 2 is 1.79 bits per heavy atom. The van der Waals surface area contributed by atoms with Gasteiger partial charge in [0.05, 0.1) is 4.90 Å². The van der Waals surface area contributed by atoms with Gasteiger partial charge >= 0.3 is 0 Å². The molecule has 4 saturated carbocycles. The fraction of sp³-hybridized carbons (Fsp3) is 0.800. The van der Waals surface area contributed by atoms with Gasteiger partial charge in [-0.2, -0.15) is 8.42 Å². The van der Waals surface area contributed by atoms with E-state index in [1.165, 1.54) is 63.9 Å². The molecule has 0 aromatic heterocycles. The van der Waals surface area contributed by atoms with Gasteiger partial charge in [-0.15, -0.1) is 0 Å². The van der Waals surface area contributed by atoms with E-state index < -0.39 is 10.1 Å². The summed E-state index contributed by atoms with van der Waals surface area (Å²) in [5.74, 6) is 5.56. The van der Waals surface area contributed by atoms with Gasteiger partial charge in [-0.05, 0) is 134 Å². The van der Waals surface area contributed by atoms with Crippen LogP contribution in [0.4, 0.5) is 0 Å². The molecule has 1 N–H and O–H groups in total. The second kappa shape index (κ2) is 8.91. The van der Waals surface area contributed by atoms with Crippen LogP contribution in [0.1, 0.15) is 110 Å². The zero-order chi connectivity index (χ0) is 24.3. The zero-order valence-electron chi connectivity index (χ0n) is 21.7. The van der Waals surface area contributed by atoms with Crippen molar-refractivity contribution in [1.82, 2.24) is 0 Å². The summed E-state index contributed by atoms with van der Waals surface area (Å²) in [6.45, 7) is 10.2. The molecule has 4 aliphatic rings. The molecule has 34 heavy (non-hydrogen) atoms. The van der Waals surface area contributed by atoms with E-state index in [0.717, 1.165) is 53.9 Å². The molecule has 4 aliphatic carbocycles. The zero-order valence-corrected chi connectivity index (χ0v) is 22.5. The minimum Gasteiger partial charge on any atom is -0.282 e. The predicted octanol–water partition coefficient (Wildman–Crippen LogP) is 7.91. The number of benzene rings is 1. The van der Waals surface area contributed by atoms with Crippen molar-refractivity contribution in [1.29, 1.82) is 0 Å². The maximum Gasteiger partial charge on any atom is 0.294 e. The molecule has 189 valence electrons. The average Bonchev–Trinajstić information content (AvgIpc) is 3.15. The fourth-order valence-electron chi connectivity index (χ4n) is 10.0. The van der Waals surface area contributed by atoms with Crippen LogP contribution in [0.25, 0.3) is 0 Å². The maximum absolute atomic E-state index is 11.7. The molecule has 1 aromatic rings. The number of fused-ring (bicyclic) bond motifs is 5. The van der Waals surface area contributed by atoms with Crippen molar-refractivity contribution in [2.24, 2.45) is 46.3 Å².